The van der Waals surface area contributed by atoms with Gasteiger partial charge in [0.2, 0.25) is 0 Å². The first-order valence-corrected chi connectivity index (χ1v) is 22.0. The molecule has 0 spiro atoms. The number of nitrogens with zero attached hydrogens (tertiary/aromatic N) is 6. The smallest absolute Gasteiger partial charge is 0.411 e. The second-order valence-corrected chi connectivity index (χ2v) is 18.6. The maximum Gasteiger partial charge on any atom is 0.411 e. The van der Waals surface area contributed by atoms with Crippen LogP contribution in [-0.4, -0.2) is 147 Å². The molecular weight excluding hydrogens is 801 g/mol. The van der Waals surface area contributed by atoms with Crippen LogP contribution in [0.2, 0.25) is 0 Å². The first kappa shape index (κ1) is 45.9. The molecule has 5 aliphatic heterocycles. The number of Topliss-reactive ketones (excluding diaryl/α,β-unsaturated/α-hetero) is 1. The van der Waals surface area contributed by atoms with Crippen LogP contribution in [0.15, 0.2) is 41.8 Å². The summed E-state index contributed by atoms with van der Waals surface area (Å²) in [6.45, 7) is 14.7. The summed E-state index contributed by atoms with van der Waals surface area (Å²) in [5.41, 5.74) is -1.09. The normalized spacial score (nSPS) is 40.0. The number of fused-ring (bicyclic) bond motifs is 5. The Morgan fingerprint density at radius 2 is 1.76 bits per heavy atom. The summed E-state index contributed by atoms with van der Waals surface area (Å²) >= 11 is 0. The fraction of sp³-hybridized carbons (Fsp3) is 0.711. The monoisotopic (exact) mass is 864 g/mol. The van der Waals surface area contributed by atoms with Crippen LogP contribution in [0.1, 0.15) is 80.3 Å². The quantitative estimate of drug-likeness (QED) is 0.289. The average Bonchev–Trinajstić information content (AvgIpc) is 3.52. The number of cyclic esters (lactones) is 1. The summed E-state index contributed by atoms with van der Waals surface area (Å²) in [6.07, 6.45) is -1.19. The number of aliphatic hydroxyl groups is 1. The number of carbonyl (C=O) groups is 3. The number of oxime groups is 1. The van der Waals surface area contributed by atoms with Crippen LogP contribution in [0.5, 0.6) is 0 Å². The standard InChI is InChI=1S/C45H64N6O11/c1-11-34-45(8)38-26(4)35(52)24(2)19-44(7)39(61-42-36(53)33(50(9)10)18-25(3)59-42)27(5)37(28(6)41(54)60-34)56-21-29(22-57-44)32(20-51(38)43(55)62-45)49-58-23-30-14-12-15-31(48-30)40-46-16-13-17-47-40/h12-17,24-29,33-34,36-39,42,53H,11,18-23H2,1-10H3/b49-32-/t24-,25-,26+,27+,28-,29?,33+,34-,36-,37+,38+,39-,42+,44?,45?/m1/s1. The van der Waals surface area contributed by atoms with Crippen molar-refractivity contribution in [1.82, 2.24) is 24.8 Å². The van der Waals surface area contributed by atoms with Gasteiger partial charge in [-0.25, -0.2) is 19.7 Å². The molecule has 340 valence electrons. The Kier molecular flexibility index (Phi) is 13.7. The van der Waals surface area contributed by atoms with Gasteiger partial charge < -0.3 is 43.3 Å². The number of esters is 1. The van der Waals surface area contributed by atoms with Gasteiger partial charge in [0.05, 0.1) is 67.0 Å². The lowest BCUT2D eigenvalue weighted by Crippen LogP contribution is -2.61. The molecule has 2 aromatic rings. The lowest BCUT2D eigenvalue weighted by Gasteiger charge is -2.48. The number of aliphatic hydroxyl groups excluding tert-OH is 1. The van der Waals surface area contributed by atoms with Crippen LogP contribution in [0.3, 0.4) is 0 Å². The zero-order valence-electron chi connectivity index (χ0n) is 37.6. The van der Waals surface area contributed by atoms with Crippen LogP contribution in [0, 0.1) is 29.6 Å². The van der Waals surface area contributed by atoms with Gasteiger partial charge in [-0.05, 0) is 79.3 Å². The molecule has 0 saturated carbocycles. The van der Waals surface area contributed by atoms with Gasteiger partial charge in [-0.3, -0.25) is 14.5 Å². The Morgan fingerprint density at radius 3 is 2.47 bits per heavy atom. The SMILES string of the molecule is CC[C@H]1OC(=O)[C@H](C)[C@H]2OCC3COC(C)(C[C@@H](C)C(=O)[C@H](C)[C@@H]4N(C/C3=N/OCc3cccc(-c5ncccn5)n3)C(=O)OC41C)[C@H](O[C@@H]1O[C@H](C)C[C@H](N(C)C)[C@H]1O)[C@H]2C. The Bertz CT molecular complexity index is 1960. The van der Waals surface area contributed by atoms with E-state index in [9.17, 15) is 19.5 Å². The molecule has 17 heteroatoms. The minimum absolute atomic E-state index is 0.0135. The highest BCUT2D eigenvalue weighted by atomic mass is 16.7. The van der Waals surface area contributed by atoms with Crippen molar-refractivity contribution in [3.8, 4) is 11.5 Å². The molecule has 2 aromatic heterocycles. The molecule has 5 aliphatic rings. The predicted octanol–water partition coefficient (Wildman–Crippen LogP) is 4.44. The van der Waals surface area contributed by atoms with E-state index in [-0.39, 0.29) is 50.7 Å². The number of ketones is 1. The van der Waals surface area contributed by atoms with E-state index < -0.39 is 89.6 Å². The van der Waals surface area contributed by atoms with Crippen molar-refractivity contribution in [2.75, 3.05) is 33.9 Å². The lowest BCUT2D eigenvalue weighted by molar-refractivity contribution is -0.302. The summed E-state index contributed by atoms with van der Waals surface area (Å²) in [5.74, 6) is -3.65. The zero-order valence-corrected chi connectivity index (χ0v) is 37.6. The summed E-state index contributed by atoms with van der Waals surface area (Å²) in [5, 5.41) is 16.5. The van der Waals surface area contributed by atoms with Gasteiger partial charge >= 0.3 is 12.1 Å². The molecule has 7 heterocycles. The minimum atomic E-state index is -1.41. The van der Waals surface area contributed by atoms with Crippen LogP contribution in [-0.2, 0) is 49.5 Å². The Hall–Kier alpha value is -4.13. The van der Waals surface area contributed by atoms with Gasteiger partial charge in [-0.2, -0.15) is 0 Å². The minimum Gasteiger partial charge on any atom is -0.458 e. The molecule has 0 radical (unpaired) electrons. The Labute approximate surface area is 364 Å². The number of carbonyl (C=O) groups excluding carboxylic acids is 3. The molecule has 7 rings (SSSR count). The van der Waals surface area contributed by atoms with Crippen molar-refractivity contribution < 1.29 is 52.7 Å². The molecule has 1 N–H and O–H groups in total. The molecule has 15 atom stereocenters. The number of hydrogen-bond acceptors (Lipinski definition) is 16. The van der Waals surface area contributed by atoms with E-state index in [4.69, 9.17) is 43.4 Å². The van der Waals surface area contributed by atoms with E-state index in [0.717, 1.165) is 0 Å². The van der Waals surface area contributed by atoms with Gasteiger partial charge in [0.1, 0.15) is 23.7 Å². The second-order valence-electron chi connectivity index (χ2n) is 18.6. The first-order chi connectivity index (χ1) is 29.4. The van der Waals surface area contributed by atoms with E-state index >= 15 is 0 Å². The van der Waals surface area contributed by atoms with Gasteiger partial charge in [0.15, 0.2) is 24.3 Å². The van der Waals surface area contributed by atoms with Crippen molar-refractivity contribution in [3.05, 3.63) is 42.4 Å². The molecule has 6 bridgehead atoms. The Morgan fingerprint density at radius 1 is 1.02 bits per heavy atom. The molecule has 5 saturated heterocycles. The van der Waals surface area contributed by atoms with E-state index in [1.165, 1.54) is 4.90 Å². The third-order valence-electron chi connectivity index (χ3n) is 13.8. The highest BCUT2D eigenvalue weighted by Crippen LogP contribution is 2.45. The second kappa shape index (κ2) is 18.5. The van der Waals surface area contributed by atoms with Crippen LogP contribution < -0.4 is 0 Å². The summed E-state index contributed by atoms with van der Waals surface area (Å²) in [7, 11) is 3.82. The van der Waals surface area contributed by atoms with E-state index in [2.05, 4.69) is 9.97 Å². The number of hydrogen-bond donors (Lipinski definition) is 1. The highest BCUT2D eigenvalue weighted by molar-refractivity contribution is 5.92. The highest BCUT2D eigenvalue weighted by Gasteiger charge is 2.61. The molecule has 1 amide bonds. The average molecular weight is 865 g/mol. The predicted molar refractivity (Wildman–Crippen MR) is 224 cm³/mol. The number of likely N-dealkylation sites (N-methyl/N-ethyl adjacent to an activating group) is 1. The molecule has 0 aliphatic carbocycles. The van der Waals surface area contributed by atoms with Crippen molar-refractivity contribution in [2.24, 2.45) is 34.7 Å². The van der Waals surface area contributed by atoms with Crippen molar-refractivity contribution in [2.45, 2.75) is 141 Å². The van der Waals surface area contributed by atoms with E-state index in [0.29, 0.717) is 35.8 Å². The third-order valence-corrected chi connectivity index (χ3v) is 13.8. The zero-order chi connectivity index (χ0) is 44.7. The lowest BCUT2D eigenvalue weighted by atomic mass is 9.73. The molecule has 17 nitrogen and oxygen atoms in total. The first-order valence-electron chi connectivity index (χ1n) is 22.0. The molecule has 5 fully saturated rings. The van der Waals surface area contributed by atoms with Gasteiger partial charge in [0.25, 0.3) is 0 Å². The van der Waals surface area contributed by atoms with Gasteiger partial charge in [-0.1, -0.05) is 38.9 Å². The molecule has 3 unspecified atom stereocenters. The Balaban J connectivity index is 1.35. The van der Waals surface area contributed by atoms with Gasteiger partial charge in [0, 0.05) is 42.1 Å². The van der Waals surface area contributed by atoms with Crippen LogP contribution in [0.25, 0.3) is 11.5 Å². The third kappa shape index (κ3) is 8.98. The van der Waals surface area contributed by atoms with E-state index in [1.807, 2.05) is 65.7 Å². The molecule has 0 aromatic carbocycles. The fourth-order valence-corrected chi connectivity index (χ4v) is 10.5. The summed E-state index contributed by atoms with van der Waals surface area (Å²) in [6, 6.07) is 6.06. The van der Waals surface area contributed by atoms with E-state index in [1.54, 1.807) is 45.3 Å². The summed E-state index contributed by atoms with van der Waals surface area (Å²) in [4.78, 5) is 66.5. The van der Waals surface area contributed by atoms with Crippen LogP contribution in [0.4, 0.5) is 4.79 Å². The topological polar surface area (TPSA) is 194 Å². The van der Waals surface area contributed by atoms with Crippen molar-refractivity contribution >= 4 is 23.6 Å². The number of ether oxygens (including phenoxy) is 6. The maximum absolute atomic E-state index is 14.9. The largest absolute Gasteiger partial charge is 0.458 e. The maximum atomic E-state index is 14.9. The van der Waals surface area contributed by atoms with Crippen LogP contribution >= 0.6 is 0 Å². The van der Waals surface area contributed by atoms with Gasteiger partial charge in [-0.15, -0.1) is 0 Å². The van der Waals surface area contributed by atoms with Crippen molar-refractivity contribution in [3.63, 3.8) is 0 Å². The number of amides is 1. The molecule has 62 heavy (non-hydrogen) atoms. The number of aromatic nitrogens is 3. The van der Waals surface area contributed by atoms with Crippen molar-refractivity contribution in [1.29, 1.82) is 0 Å². The number of rotatable bonds is 8. The number of pyridine rings is 1. The fourth-order valence-electron chi connectivity index (χ4n) is 10.5. The molecular formula is C45H64N6O11. The summed E-state index contributed by atoms with van der Waals surface area (Å²) < 4.78 is 39.9.